The topological polar surface area (TPSA) is 78.8 Å². The second-order valence-corrected chi connectivity index (χ2v) is 4.71. The molecule has 0 aromatic carbocycles. The van der Waals surface area contributed by atoms with E-state index in [4.69, 9.17) is 0 Å². The van der Waals surface area contributed by atoms with E-state index in [0.29, 0.717) is 11.0 Å². The molecule has 18 heavy (non-hydrogen) atoms. The van der Waals surface area contributed by atoms with Gasteiger partial charge in [0.2, 0.25) is 0 Å². The van der Waals surface area contributed by atoms with Gasteiger partial charge in [-0.25, -0.2) is 0 Å². The molecular weight excluding hydrogens is 302 g/mol. The van der Waals surface area contributed by atoms with E-state index in [9.17, 15) is 10.1 Å². The third-order valence-electron chi connectivity index (χ3n) is 2.59. The molecule has 0 aliphatic carbocycles. The maximum atomic E-state index is 10.7. The molecule has 0 aliphatic rings. The Labute approximate surface area is 112 Å². The first kappa shape index (κ1) is 12.7. The Morgan fingerprint density at radius 2 is 2.22 bits per heavy atom. The van der Waals surface area contributed by atoms with Crippen LogP contribution in [0.25, 0.3) is 0 Å². The quantitative estimate of drug-likeness (QED) is 0.638. The summed E-state index contributed by atoms with van der Waals surface area (Å²) in [5.41, 5.74) is 1.95. The van der Waals surface area contributed by atoms with Crippen LogP contribution >= 0.6 is 15.9 Å². The number of hydrogen-bond donors (Lipinski definition) is 0. The molecular formula is C10H12BrN5O2. The van der Waals surface area contributed by atoms with Gasteiger partial charge in [-0.15, -0.1) is 0 Å². The summed E-state index contributed by atoms with van der Waals surface area (Å²) in [5, 5.41) is 18.9. The minimum absolute atomic E-state index is 0.173. The van der Waals surface area contributed by atoms with Crippen LogP contribution in [0.3, 0.4) is 0 Å². The van der Waals surface area contributed by atoms with Gasteiger partial charge in [-0.3, -0.25) is 4.68 Å². The number of aryl methyl sites for hydroxylation is 2. The van der Waals surface area contributed by atoms with Gasteiger partial charge in [0.05, 0.1) is 22.7 Å². The highest BCUT2D eigenvalue weighted by molar-refractivity contribution is 9.10. The van der Waals surface area contributed by atoms with Crippen LogP contribution in [0.4, 0.5) is 5.82 Å². The van der Waals surface area contributed by atoms with E-state index < -0.39 is 4.92 Å². The Bertz CT molecular complexity index is 589. The average Bonchev–Trinajstić information content (AvgIpc) is 2.83. The molecule has 0 bridgehead atoms. The zero-order valence-electron chi connectivity index (χ0n) is 10.00. The van der Waals surface area contributed by atoms with Crippen molar-refractivity contribution in [2.24, 2.45) is 7.05 Å². The Balaban J connectivity index is 2.25. The monoisotopic (exact) mass is 313 g/mol. The number of nitrogens with zero attached hydrogens (tertiary/aromatic N) is 5. The van der Waals surface area contributed by atoms with Gasteiger partial charge in [0.1, 0.15) is 11.0 Å². The first-order valence-electron chi connectivity index (χ1n) is 5.40. The first-order valence-corrected chi connectivity index (χ1v) is 6.19. The lowest BCUT2D eigenvalue weighted by molar-refractivity contribution is -0.390. The van der Waals surface area contributed by atoms with Crippen LogP contribution < -0.4 is 0 Å². The van der Waals surface area contributed by atoms with Gasteiger partial charge < -0.3 is 10.1 Å². The van der Waals surface area contributed by atoms with Crippen molar-refractivity contribution < 1.29 is 4.92 Å². The van der Waals surface area contributed by atoms with E-state index in [1.165, 1.54) is 4.68 Å². The van der Waals surface area contributed by atoms with Gasteiger partial charge in [0, 0.05) is 7.05 Å². The normalized spacial score (nSPS) is 10.8. The van der Waals surface area contributed by atoms with E-state index in [2.05, 4.69) is 26.1 Å². The Kier molecular flexibility index (Phi) is 3.46. The second kappa shape index (κ2) is 4.89. The maximum absolute atomic E-state index is 10.7. The molecule has 96 valence electrons. The molecule has 0 saturated heterocycles. The third-order valence-corrected chi connectivity index (χ3v) is 3.15. The number of halogens is 1. The summed E-state index contributed by atoms with van der Waals surface area (Å²) in [5.74, 6) is -0.173. The molecule has 0 saturated carbocycles. The van der Waals surface area contributed by atoms with Gasteiger partial charge in [0.25, 0.3) is 0 Å². The number of nitro groups is 1. The summed E-state index contributed by atoms with van der Waals surface area (Å²) in [6.07, 6.45) is 2.45. The largest absolute Gasteiger partial charge is 0.404 e. The summed E-state index contributed by atoms with van der Waals surface area (Å²) in [6.45, 7) is 2.48. The smallest absolute Gasteiger partial charge is 0.358 e. The summed E-state index contributed by atoms with van der Waals surface area (Å²) >= 11 is 3.12. The fraction of sp³-hybridized carbons (Fsp3) is 0.400. The van der Waals surface area contributed by atoms with Crippen molar-refractivity contribution in [1.29, 1.82) is 0 Å². The Hall–Kier alpha value is -1.70. The number of hydrogen-bond acceptors (Lipinski definition) is 4. The van der Waals surface area contributed by atoms with Crippen LogP contribution in [0, 0.1) is 10.1 Å². The molecule has 2 rings (SSSR count). The van der Waals surface area contributed by atoms with Gasteiger partial charge in [-0.1, -0.05) is 6.92 Å². The van der Waals surface area contributed by atoms with Crippen LogP contribution in [-0.2, 0) is 20.0 Å². The molecule has 2 heterocycles. The van der Waals surface area contributed by atoms with Gasteiger partial charge in [0.15, 0.2) is 0 Å². The lowest BCUT2D eigenvalue weighted by Crippen LogP contribution is -2.06. The molecule has 8 heteroatoms. The molecule has 0 fully saturated rings. The summed E-state index contributed by atoms with van der Waals surface area (Å²) < 4.78 is 3.67. The lowest BCUT2D eigenvalue weighted by atomic mass is 10.3. The summed E-state index contributed by atoms with van der Waals surface area (Å²) in [7, 11) is 1.85. The summed E-state index contributed by atoms with van der Waals surface area (Å²) in [6, 6.07) is 1.97. The first-order chi connectivity index (χ1) is 8.51. The molecule has 0 radical (unpaired) electrons. The van der Waals surface area contributed by atoms with Crippen LogP contribution in [0.1, 0.15) is 18.3 Å². The van der Waals surface area contributed by atoms with Crippen molar-refractivity contribution in [3.8, 4) is 0 Å². The van der Waals surface area contributed by atoms with Gasteiger partial charge in [-0.2, -0.15) is 9.78 Å². The van der Waals surface area contributed by atoms with E-state index in [1.54, 1.807) is 10.9 Å². The minimum atomic E-state index is -0.513. The van der Waals surface area contributed by atoms with Crippen LogP contribution in [-0.4, -0.2) is 24.5 Å². The van der Waals surface area contributed by atoms with E-state index in [1.807, 2.05) is 20.0 Å². The van der Waals surface area contributed by atoms with Crippen LogP contribution in [0.15, 0.2) is 16.7 Å². The number of rotatable bonds is 4. The van der Waals surface area contributed by atoms with Gasteiger partial charge in [-0.05, 0) is 33.3 Å². The van der Waals surface area contributed by atoms with E-state index in [0.717, 1.165) is 17.8 Å². The van der Waals surface area contributed by atoms with Crippen LogP contribution in [0.5, 0.6) is 0 Å². The highest BCUT2D eigenvalue weighted by Gasteiger charge is 2.19. The predicted octanol–water partition coefficient (Wildman–Crippen LogP) is 1.90. The van der Waals surface area contributed by atoms with Crippen LogP contribution in [0.2, 0.25) is 0 Å². The van der Waals surface area contributed by atoms with Crippen molar-refractivity contribution in [1.82, 2.24) is 19.6 Å². The molecule has 0 atom stereocenters. The predicted molar refractivity (Wildman–Crippen MR) is 68.3 cm³/mol. The highest BCUT2D eigenvalue weighted by Crippen LogP contribution is 2.22. The van der Waals surface area contributed by atoms with Crippen molar-refractivity contribution in [2.75, 3.05) is 0 Å². The molecule has 0 N–H and O–H groups in total. The molecule has 7 nitrogen and oxygen atoms in total. The number of aromatic nitrogens is 4. The Morgan fingerprint density at radius 3 is 2.72 bits per heavy atom. The molecule has 0 unspecified atom stereocenters. The van der Waals surface area contributed by atoms with Crippen molar-refractivity contribution in [3.63, 3.8) is 0 Å². The third kappa shape index (κ3) is 2.42. The molecule has 0 spiro atoms. The molecule has 2 aromatic rings. The molecule has 0 aliphatic heterocycles. The lowest BCUT2D eigenvalue weighted by Gasteiger charge is -1.97. The summed E-state index contributed by atoms with van der Waals surface area (Å²) in [4.78, 5) is 10.2. The molecule has 2 aromatic heterocycles. The minimum Gasteiger partial charge on any atom is -0.358 e. The fourth-order valence-electron chi connectivity index (χ4n) is 1.65. The zero-order chi connectivity index (χ0) is 13.3. The Morgan fingerprint density at radius 1 is 1.50 bits per heavy atom. The average molecular weight is 314 g/mol. The maximum Gasteiger partial charge on any atom is 0.404 e. The zero-order valence-corrected chi connectivity index (χ0v) is 11.6. The molecule has 0 amide bonds. The standard InChI is InChI=1S/C10H12BrN5O2/c1-3-7-4-8(14(2)12-7)5-15-6-9(11)10(13-15)16(17)18/h4,6H,3,5H2,1-2H3. The second-order valence-electron chi connectivity index (χ2n) is 3.86. The fourth-order valence-corrected chi connectivity index (χ4v) is 2.11. The highest BCUT2D eigenvalue weighted by atomic mass is 79.9. The van der Waals surface area contributed by atoms with E-state index >= 15 is 0 Å². The van der Waals surface area contributed by atoms with Crippen molar-refractivity contribution in [2.45, 2.75) is 19.9 Å². The SMILES string of the molecule is CCc1cc(Cn2cc(Br)c([N+](=O)[O-])n2)n(C)n1. The van der Waals surface area contributed by atoms with Crippen molar-refractivity contribution in [3.05, 3.63) is 38.2 Å². The van der Waals surface area contributed by atoms with Crippen molar-refractivity contribution >= 4 is 21.7 Å². The van der Waals surface area contributed by atoms with E-state index in [-0.39, 0.29) is 5.82 Å². The van der Waals surface area contributed by atoms with Gasteiger partial charge >= 0.3 is 5.82 Å².